The summed E-state index contributed by atoms with van der Waals surface area (Å²) in [6.45, 7) is 6.66. The molecule has 4 nitrogen and oxygen atoms in total. The number of nitrogens with zero attached hydrogens (tertiary/aromatic N) is 2. The monoisotopic (exact) mass is 324 g/mol. The van der Waals surface area contributed by atoms with Crippen LogP contribution in [0.3, 0.4) is 0 Å². The van der Waals surface area contributed by atoms with Gasteiger partial charge in [0.05, 0.1) is 6.21 Å². The number of fused-ring (bicyclic) bond motifs is 3. The van der Waals surface area contributed by atoms with Crippen LogP contribution in [0.4, 0.5) is 0 Å². The van der Waals surface area contributed by atoms with E-state index in [1.165, 1.54) is 7.11 Å². The van der Waals surface area contributed by atoms with Gasteiger partial charge in [-0.2, -0.15) is 0 Å². The lowest BCUT2D eigenvalue weighted by Crippen LogP contribution is -2.58. The number of piperidine rings is 3. The van der Waals surface area contributed by atoms with E-state index in [0.29, 0.717) is 12.5 Å². The SMILES string of the molecule is C=CCc1cc(/C=N/OC)ccc1C#CC1(O)CN2CCC1CC2. The maximum Gasteiger partial charge on any atom is 0.141 e. The van der Waals surface area contributed by atoms with Gasteiger partial charge in [0, 0.05) is 18.0 Å². The largest absolute Gasteiger partial charge is 0.399 e. The topological polar surface area (TPSA) is 45.1 Å². The number of rotatable bonds is 4. The van der Waals surface area contributed by atoms with Crippen molar-refractivity contribution in [1.29, 1.82) is 0 Å². The predicted octanol–water partition coefficient (Wildman–Crippen LogP) is 2.20. The molecule has 24 heavy (non-hydrogen) atoms. The van der Waals surface area contributed by atoms with Crippen molar-refractivity contribution in [3.8, 4) is 11.8 Å². The third kappa shape index (κ3) is 3.53. The van der Waals surface area contributed by atoms with Gasteiger partial charge in [0.25, 0.3) is 0 Å². The molecule has 4 heteroatoms. The Morgan fingerprint density at radius 3 is 2.88 bits per heavy atom. The average molecular weight is 324 g/mol. The molecule has 1 atom stereocenters. The zero-order valence-electron chi connectivity index (χ0n) is 14.2. The number of aliphatic hydroxyl groups is 1. The van der Waals surface area contributed by atoms with Crippen molar-refractivity contribution in [1.82, 2.24) is 4.90 Å². The summed E-state index contributed by atoms with van der Waals surface area (Å²) >= 11 is 0. The molecule has 3 aliphatic rings. The highest BCUT2D eigenvalue weighted by Gasteiger charge is 2.44. The van der Waals surface area contributed by atoms with Gasteiger partial charge in [-0.15, -0.1) is 6.58 Å². The molecule has 1 unspecified atom stereocenters. The summed E-state index contributed by atoms with van der Waals surface area (Å²) in [7, 11) is 1.52. The quantitative estimate of drug-likeness (QED) is 0.400. The molecule has 3 aliphatic heterocycles. The van der Waals surface area contributed by atoms with Crippen molar-refractivity contribution in [2.24, 2.45) is 11.1 Å². The summed E-state index contributed by atoms with van der Waals surface area (Å²) in [4.78, 5) is 7.04. The summed E-state index contributed by atoms with van der Waals surface area (Å²) in [5, 5.41) is 14.7. The molecule has 0 spiro atoms. The number of hydrogen-bond acceptors (Lipinski definition) is 4. The molecule has 0 saturated carbocycles. The molecule has 126 valence electrons. The van der Waals surface area contributed by atoms with Gasteiger partial charge < -0.3 is 9.94 Å². The standard InChI is InChI=1S/C20H24N2O2/c1-3-4-18-13-16(14-21-24-2)5-6-17(18)7-10-20(23)15-22-11-8-19(20)9-12-22/h3,5-6,13-14,19,23H,1,4,8-9,11-12,15H2,2H3/b21-14+. The van der Waals surface area contributed by atoms with Crippen LogP contribution < -0.4 is 0 Å². The lowest BCUT2D eigenvalue weighted by atomic mass is 9.75. The lowest BCUT2D eigenvalue weighted by molar-refractivity contribution is -0.0713. The maximum atomic E-state index is 10.9. The molecule has 1 aromatic carbocycles. The molecule has 0 aromatic heterocycles. The predicted molar refractivity (Wildman–Crippen MR) is 95.9 cm³/mol. The Bertz CT molecular complexity index is 693. The third-order valence-corrected chi connectivity index (χ3v) is 4.94. The highest BCUT2D eigenvalue weighted by atomic mass is 16.6. The summed E-state index contributed by atoms with van der Waals surface area (Å²) in [6.07, 6.45) is 6.34. The van der Waals surface area contributed by atoms with Gasteiger partial charge in [0.1, 0.15) is 12.7 Å². The van der Waals surface area contributed by atoms with Crippen LogP contribution in [0, 0.1) is 17.8 Å². The fourth-order valence-electron chi connectivity index (χ4n) is 3.61. The molecule has 0 aliphatic carbocycles. The fraction of sp³-hybridized carbons (Fsp3) is 0.450. The first-order valence-electron chi connectivity index (χ1n) is 8.43. The van der Waals surface area contributed by atoms with E-state index in [4.69, 9.17) is 4.84 Å². The van der Waals surface area contributed by atoms with Gasteiger partial charge in [-0.1, -0.05) is 29.1 Å². The van der Waals surface area contributed by atoms with E-state index in [0.717, 1.165) is 49.0 Å². The normalized spacial score (nSPS) is 28.4. The Balaban J connectivity index is 1.87. The molecule has 0 amide bonds. The fourth-order valence-corrected chi connectivity index (χ4v) is 3.61. The Labute approximate surface area is 143 Å². The first-order valence-corrected chi connectivity index (χ1v) is 8.43. The minimum atomic E-state index is -0.877. The van der Waals surface area contributed by atoms with Crippen LogP contribution in [0.25, 0.3) is 0 Å². The smallest absolute Gasteiger partial charge is 0.141 e. The zero-order valence-corrected chi connectivity index (χ0v) is 14.2. The number of hydrogen-bond donors (Lipinski definition) is 1. The Morgan fingerprint density at radius 2 is 2.25 bits per heavy atom. The van der Waals surface area contributed by atoms with Crippen molar-refractivity contribution >= 4 is 6.21 Å². The van der Waals surface area contributed by atoms with Crippen molar-refractivity contribution in [3.05, 3.63) is 47.5 Å². The van der Waals surface area contributed by atoms with Crippen molar-refractivity contribution in [2.75, 3.05) is 26.7 Å². The van der Waals surface area contributed by atoms with Crippen LogP contribution in [0.1, 0.15) is 29.5 Å². The molecule has 3 fully saturated rings. The number of allylic oxidation sites excluding steroid dienone is 1. The first-order chi connectivity index (χ1) is 11.6. The Morgan fingerprint density at radius 1 is 1.46 bits per heavy atom. The average Bonchev–Trinajstić information content (AvgIpc) is 2.60. The highest BCUT2D eigenvalue weighted by molar-refractivity contribution is 5.80. The maximum absolute atomic E-state index is 10.9. The molecule has 2 bridgehead atoms. The van der Waals surface area contributed by atoms with E-state index in [1.54, 1.807) is 6.21 Å². The zero-order chi connectivity index (χ0) is 17.0. The van der Waals surface area contributed by atoms with Gasteiger partial charge >= 0.3 is 0 Å². The minimum Gasteiger partial charge on any atom is -0.399 e. The molecule has 3 heterocycles. The Hall–Kier alpha value is -2.09. The van der Waals surface area contributed by atoms with E-state index in [1.807, 2.05) is 24.3 Å². The second-order valence-electron chi connectivity index (χ2n) is 6.55. The summed E-state index contributed by atoms with van der Waals surface area (Å²) < 4.78 is 0. The molecule has 1 N–H and O–H groups in total. The van der Waals surface area contributed by atoms with Crippen molar-refractivity contribution < 1.29 is 9.94 Å². The van der Waals surface area contributed by atoms with E-state index in [-0.39, 0.29) is 0 Å². The minimum absolute atomic E-state index is 0.297. The molecule has 4 rings (SSSR count). The van der Waals surface area contributed by atoms with E-state index >= 15 is 0 Å². The van der Waals surface area contributed by atoms with Gasteiger partial charge in [0.15, 0.2) is 0 Å². The van der Waals surface area contributed by atoms with Crippen LogP contribution in [0.15, 0.2) is 36.0 Å². The second kappa shape index (κ2) is 7.21. The van der Waals surface area contributed by atoms with Crippen LogP contribution in [0.5, 0.6) is 0 Å². The third-order valence-electron chi connectivity index (χ3n) is 4.94. The van der Waals surface area contributed by atoms with Gasteiger partial charge in [-0.3, -0.25) is 4.90 Å². The van der Waals surface area contributed by atoms with Crippen molar-refractivity contribution in [2.45, 2.75) is 24.9 Å². The second-order valence-corrected chi connectivity index (χ2v) is 6.55. The summed E-state index contributed by atoms with van der Waals surface area (Å²) in [5.41, 5.74) is 2.11. The van der Waals surface area contributed by atoms with Gasteiger partial charge in [-0.05, 0) is 55.6 Å². The molecular formula is C20H24N2O2. The van der Waals surface area contributed by atoms with Gasteiger partial charge in [0.2, 0.25) is 0 Å². The molecule has 3 saturated heterocycles. The van der Waals surface area contributed by atoms with Gasteiger partial charge in [-0.25, -0.2) is 0 Å². The molecular weight excluding hydrogens is 300 g/mol. The highest BCUT2D eigenvalue weighted by Crippen LogP contribution is 2.35. The van der Waals surface area contributed by atoms with Crippen LogP contribution in [-0.4, -0.2) is 48.6 Å². The summed E-state index contributed by atoms with van der Waals surface area (Å²) in [5.74, 6) is 6.70. The van der Waals surface area contributed by atoms with E-state index in [2.05, 4.69) is 28.5 Å². The molecule has 0 radical (unpaired) electrons. The lowest BCUT2D eigenvalue weighted by Gasteiger charge is -2.47. The number of oxime groups is 1. The van der Waals surface area contributed by atoms with Crippen LogP contribution in [-0.2, 0) is 11.3 Å². The van der Waals surface area contributed by atoms with E-state index < -0.39 is 5.60 Å². The first kappa shape index (κ1) is 16.8. The van der Waals surface area contributed by atoms with Crippen LogP contribution in [0.2, 0.25) is 0 Å². The van der Waals surface area contributed by atoms with Crippen LogP contribution >= 0.6 is 0 Å². The Kier molecular flexibility index (Phi) is 5.03. The molecule has 1 aromatic rings. The number of benzene rings is 1. The summed E-state index contributed by atoms with van der Waals surface area (Å²) in [6, 6.07) is 5.97. The van der Waals surface area contributed by atoms with Crippen molar-refractivity contribution in [3.63, 3.8) is 0 Å². The van der Waals surface area contributed by atoms with E-state index in [9.17, 15) is 5.11 Å².